The Morgan fingerprint density at radius 1 is 1.07 bits per heavy atom. The number of nitrogens with zero attached hydrogens (tertiary/aromatic N) is 1. The molecule has 0 saturated heterocycles. The molecule has 5 nitrogen and oxygen atoms in total. The number of allylic oxidation sites excluding steroid dienone is 1. The number of hydrogen-bond acceptors (Lipinski definition) is 3. The highest BCUT2D eigenvalue weighted by molar-refractivity contribution is 6.00. The number of hydrogen-bond donors (Lipinski definition) is 3. The fourth-order valence-corrected chi connectivity index (χ4v) is 2.76. The molecule has 2 aromatic rings. The van der Waals surface area contributed by atoms with Gasteiger partial charge in [0.05, 0.1) is 5.69 Å². The van der Waals surface area contributed by atoms with E-state index in [4.69, 9.17) is 5.73 Å². The Kier molecular flexibility index (Phi) is 7.26. The van der Waals surface area contributed by atoms with E-state index in [1.54, 1.807) is 31.3 Å². The van der Waals surface area contributed by atoms with Crippen LogP contribution in [0.2, 0.25) is 0 Å². The van der Waals surface area contributed by atoms with Gasteiger partial charge in [0.25, 0.3) is 0 Å². The molecular weight excluding hydrogens is 362 g/mol. The van der Waals surface area contributed by atoms with Crippen molar-refractivity contribution in [2.24, 2.45) is 10.7 Å². The zero-order valence-electron chi connectivity index (χ0n) is 16.1. The van der Waals surface area contributed by atoms with Gasteiger partial charge in [0.1, 0.15) is 17.5 Å². The lowest BCUT2D eigenvalue weighted by Gasteiger charge is -2.14. The second-order valence-corrected chi connectivity index (χ2v) is 6.17. The van der Waals surface area contributed by atoms with Crippen molar-refractivity contribution >= 4 is 17.4 Å². The molecule has 7 heteroatoms. The quantitative estimate of drug-likeness (QED) is 0.502. The molecule has 0 fully saturated rings. The van der Waals surface area contributed by atoms with E-state index < -0.39 is 11.6 Å². The molecule has 148 valence electrons. The average Bonchev–Trinajstić information content (AvgIpc) is 2.64. The lowest BCUT2D eigenvalue weighted by atomic mass is 10.1. The lowest BCUT2D eigenvalue weighted by Crippen LogP contribution is -2.31. The maximum Gasteiger partial charge on any atom is 0.217 e. The predicted octanol–water partition coefficient (Wildman–Crippen LogP) is 3.64. The van der Waals surface area contributed by atoms with Crippen molar-refractivity contribution in [2.45, 2.75) is 20.3 Å². The summed E-state index contributed by atoms with van der Waals surface area (Å²) in [6.07, 6.45) is 0.700. The van der Waals surface area contributed by atoms with Gasteiger partial charge >= 0.3 is 0 Å². The molecule has 0 aliphatic heterocycles. The van der Waals surface area contributed by atoms with Gasteiger partial charge in [-0.25, -0.2) is 13.8 Å². The monoisotopic (exact) mass is 386 g/mol. The van der Waals surface area contributed by atoms with Crippen LogP contribution in [0.25, 0.3) is 11.1 Å². The zero-order valence-corrected chi connectivity index (χ0v) is 16.1. The van der Waals surface area contributed by atoms with E-state index in [-0.39, 0.29) is 18.3 Å². The normalized spacial score (nSPS) is 12.4. The Morgan fingerprint density at radius 2 is 1.68 bits per heavy atom. The maximum atomic E-state index is 13.4. The van der Waals surface area contributed by atoms with E-state index in [0.29, 0.717) is 28.8 Å². The molecule has 0 unspecified atom stereocenters. The number of aliphatic imine (C=N–C) groups is 1. The molecule has 28 heavy (non-hydrogen) atoms. The second kappa shape index (κ2) is 9.64. The number of amidine groups is 1. The van der Waals surface area contributed by atoms with Crippen LogP contribution in [0.1, 0.15) is 20.3 Å². The van der Waals surface area contributed by atoms with Gasteiger partial charge in [-0.15, -0.1) is 0 Å². The highest BCUT2D eigenvalue weighted by Gasteiger charge is 2.10. The van der Waals surface area contributed by atoms with Gasteiger partial charge in [0.2, 0.25) is 5.91 Å². The van der Waals surface area contributed by atoms with E-state index in [2.05, 4.69) is 15.6 Å². The summed E-state index contributed by atoms with van der Waals surface area (Å²) in [6.45, 7) is 3.67. The summed E-state index contributed by atoms with van der Waals surface area (Å²) in [7, 11) is 1.78. The number of halogens is 2. The third kappa shape index (κ3) is 5.64. The van der Waals surface area contributed by atoms with Crippen LogP contribution in [0.5, 0.6) is 0 Å². The van der Waals surface area contributed by atoms with Gasteiger partial charge < -0.3 is 16.4 Å². The van der Waals surface area contributed by atoms with Crippen molar-refractivity contribution in [2.75, 3.05) is 13.6 Å². The fraction of sp³-hybridized carbons (Fsp3) is 0.238. The van der Waals surface area contributed by atoms with Crippen LogP contribution >= 0.6 is 0 Å². The van der Waals surface area contributed by atoms with Crippen molar-refractivity contribution in [3.63, 3.8) is 0 Å². The highest BCUT2D eigenvalue weighted by atomic mass is 19.1. The minimum absolute atomic E-state index is 0.163. The Morgan fingerprint density at radius 3 is 2.18 bits per heavy atom. The van der Waals surface area contributed by atoms with Crippen molar-refractivity contribution in [3.8, 4) is 11.1 Å². The first-order chi connectivity index (χ1) is 13.3. The summed E-state index contributed by atoms with van der Waals surface area (Å²) in [5, 5.41) is 5.81. The van der Waals surface area contributed by atoms with Gasteiger partial charge in [0.15, 0.2) is 0 Å². The first kappa shape index (κ1) is 21.1. The summed E-state index contributed by atoms with van der Waals surface area (Å²) in [5.41, 5.74) is 9.45. The Hall–Kier alpha value is -3.22. The van der Waals surface area contributed by atoms with Crippen molar-refractivity contribution in [1.82, 2.24) is 10.6 Å². The predicted molar refractivity (Wildman–Crippen MR) is 108 cm³/mol. The summed E-state index contributed by atoms with van der Waals surface area (Å²) < 4.78 is 26.8. The number of amides is 1. The maximum absolute atomic E-state index is 13.4. The van der Waals surface area contributed by atoms with Gasteiger partial charge in [-0.1, -0.05) is 19.1 Å². The third-order valence-corrected chi connectivity index (χ3v) is 4.16. The van der Waals surface area contributed by atoms with Gasteiger partial charge in [-0.2, -0.15) is 0 Å². The van der Waals surface area contributed by atoms with Crippen LogP contribution in [0.15, 0.2) is 58.7 Å². The second-order valence-electron chi connectivity index (χ2n) is 6.17. The Balaban J connectivity index is 2.31. The number of benzene rings is 2. The molecule has 0 radical (unpaired) electrons. The Labute approximate surface area is 163 Å². The van der Waals surface area contributed by atoms with Crippen LogP contribution in [0.4, 0.5) is 14.5 Å². The van der Waals surface area contributed by atoms with Crippen LogP contribution in [-0.2, 0) is 4.79 Å². The molecule has 0 aliphatic carbocycles. The molecule has 0 aromatic heterocycles. The smallest absolute Gasteiger partial charge is 0.217 e. The summed E-state index contributed by atoms with van der Waals surface area (Å²) in [4.78, 5) is 15.7. The van der Waals surface area contributed by atoms with E-state index in [0.717, 1.165) is 11.8 Å². The minimum Gasteiger partial charge on any atom is -0.391 e. The molecule has 0 bridgehead atoms. The molecule has 0 saturated carbocycles. The van der Waals surface area contributed by atoms with Crippen molar-refractivity contribution < 1.29 is 13.6 Å². The standard InChI is InChI=1S/C21H24F2N4O/c1-4-20(25-3)19(12-26-13(2)28)21(24)27-18-7-5-14(6-8-18)15-9-16(22)11-17(23)10-15/h5-11,25H,4,12H2,1-3H3,(H2,24,27)(H,26,28)/b20-19-. The molecular formula is C21H24F2N4O. The van der Waals surface area contributed by atoms with Crippen molar-refractivity contribution in [3.05, 3.63) is 65.4 Å². The largest absolute Gasteiger partial charge is 0.391 e. The molecule has 0 atom stereocenters. The Bertz CT molecular complexity index is 879. The van der Waals surface area contributed by atoms with Crippen LogP contribution < -0.4 is 16.4 Å². The van der Waals surface area contributed by atoms with Crippen LogP contribution in [0.3, 0.4) is 0 Å². The van der Waals surface area contributed by atoms with Crippen LogP contribution in [-0.4, -0.2) is 25.3 Å². The zero-order chi connectivity index (χ0) is 20.7. The number of nitrogens with two attached hydrogens (primary N) is 1. The minimum atomic E-state index is -0.631. The van der Waals surface area contributed by atoms with Gasteiger partial charge in [0, 0.05) is 37.9 Å². The molecule has 0 heterocycles. The summed E-state index contributed by atoms with van der Waals surface area (Å²) in [5.74, 6) is -1.14. The topological polar surface area (TPSA) is 79.5 Å². The molecule has 2 aromatic carbocycles. The average molecular weight is 386 g/mol. The number of rotatable bonds is 7. The lowest BCUT2D eigenvalue weighted by molar-refractivity contribution is -0.118. The highest BCUT2D eigenvalue weighted by Crippen LogP contribution is 2.24. The number of carbonyl (C=O) groups is 1. The SMILES string of the molecule is CC/C(NC)=C(\CNC(C)=O)C(N)=Nc1ccc(-c2cc(F)cc(F)c2)cc1. The molecule has 4 N–H and O–H groups in total. The summed E-state index contributed by atoms with van der Waals surface area (Å²) >= 11 is 0. The summed E-state index contributed by atoms with van der Waals surface area (Å²) in [6, 6.07) is 10.2. The number of carbonyl (C=O) groups excluding carboxylic acids is 1. The molecule has 0 aliphatic rings. The van der Waals surface area contributed by atoms with Gasteiger partial charge in [-0.3, -0.25) is 4.79 Å². The van der Waals surface area contributed by atoms with Gasteiger partial charge in [-0.05, 0) is 41.8 Å². The van der Waals surface area contributed by atoms with E-state index in [9.17, 15) is 13.6 Å². The van der Waals surface area contributed by atoms with Crippen LogP contribution in [0, 0.1) is 11.6 Å². The third-order valence-electron chi connectivity index (χ3n) is 4.16. The first-order valence-corrected chi connectivity index (χ1v) is 8.89. The molecule has 2 rings (SSSR count). The van der Waals surface area contributed by atoms with E-state index in [1.807, 2.05) is 6.92 Å². The first-order valence-electron chi connectivity index (χ1n) is 8.89. The van der Waals surface area contributed by atoms with E-state index in [1.165, 1.54) is 19.1 Å². The van der Waals surface area contributed by atoms with E-state index >= 15 is 0 Å². The fourth-order valence-electron chi connectivity index (χ4n) is 2.76. The molecule has 1 amide bonds. The van der Waals surface area contributed by atoms with Crippen molar-refractivity contribution in [1.29, 1.82) is 0 Å². The molecule has 0 spiro atoms. The number of nitrogens with one attached hydrogen (secondary N) is 2.